The number of hydrogen-bond acceptors (Lipinski definition) is 4. The molecule has 21 heavy (non-hydrogen) atoms. The number of nitrogens with zero attached hydrogens (tertiary/aromatic N) is 1. The summed E-state index contributed by atoms with van der Waals surface area (Å²) in [6, 6.07) is 2.97. The molecule has 1 unspecified atom stereocenters. The Kier molecular flexibility index (Phi) is 5.22. The minimum Gasteiger partial charge on any atom is -0.481 e. The lowest BCUT2D eigenvalue weighted by Crippen LogP contribution is -2.28. The van der Waals surface area contributed by atoms with Crippen LogP contribution in [0.3, 0.4) is 0 Å². The maximum Gasteiger partial charge on any atom is 0.303 e. The summed E-state index contributed by atoms with van der Waals surface area (Å²) in [5, 5.41) is 8.74. The van der Waals surface area contributed by atoms with Gasteiger partial charge in [0.1, 0.15) is 5.76 Å². The van der Waals surface area contributed by atoms with Gasteiger partial charge in [0.05, 0.1) is 5.75 Å². The number of alkyl halides is 2. The molecule has 0 aliphatic carbocycles. The van der Waals surface area contributed by atoms with Crippen molar-refractivity contribution in [2.75, 3.05) is 13.1 Å². The molecular weight excluding hydrogens is 304 g/mol. The molecule has 1 atom stereocenters. The van der Waals surface area contributed by atoms with E-state index < -0.39 is 11.7 Å². The first kappa shape index (κ1) is 15.8. The van der Waals surface area contributed by atoms with E-state index in [2.05, 4.69) is 0 Å². The van der Waals surface area contributed by atoms with E-state index >= 15 is 0 Å². The number of hydrogen-bond donors (Lipinski definition) is 1. The minimum absolute atomic E-state index is 0.00653. The molecule has 1 aromatic heterocycles. The fourth-order valence-corrected chi connectivity index (χ4v) is 2.75. The second kappa shape index (κ2) is 6.93. The first-order valence-electron chi connectivity index (χ1n) is 6.45. The Hall–Kier alpha value is -1.57. The second-order valence-corrected chi connectivity index (χ2v) is 5.82. The number of halogens is 2. The molecule has 1 aliphatic rings. The van der Waals surface area contributed by atoms with Crippen LogP contribution in [-0.4, -0.2) is 40.7 Å². The largest absolute Gasteiger partial charge is 0.481 e. The molecule has 0 saturated carbocycles. The van der Waals surface area contributed by atoms with Crippen LogP contribution in [-0.2, 0) is 10.5 Å². The summed E-state index contributed by atoms with van der Waals surface area (Å²) >= 11 is 0.432. The molecular formula is C13H15F2NO4S. The molecule has 2 rings (SSSR count). The Morgan fingerprint density at radius 1 is 1.48 bits per heavy atom. The van der Waals surface area contributed by atoms with Crippen molar-refractivity contribution in [2.45, 2.75) is 24.4 Å². The van der Waals surface area contributed by atoms with Gasteiger partial charge in [-0.3, -0.25) is 9.59 Å². The van der Waals surface area contributed by atoms with Crippen LogP contribution in [0.4, 0.5) is 8.78 Å². The number of carbonyl (C=O) groups excluding carboxylic acids is 1. The lowest BCUT2D eigenvalue weighted by molar-refractivity contribution is -0.138. The molecule has 1 saturated heterocycles. The van der Waals surface area contributed by atoms with E-state index in [1.54, 1.807) is 0 Å². The molecule has 1 N–H and O–H groups in total. The summed E-state index contributed by atoms with van der Waals surface area (Å²) < 4.78 is 29.4. The molecule has 1 aromatic rings. The molecule has 0 bridgehead atoms. The van der Waals surface area contributed by atoms with E-state index in [-0.39, 0.29) is 29.8 Å². The van der Waals surface area contributed by atoms with Crippen molar-refractivity contribution >= 4 is 23.6 Å². The third kappa shape index (κ3) is 4.45. The van der Waals surface area contributed by atoms with Gasteiger partial charge in [-0.2, -0.15) is 8.78 Å². The lowest BCUT2D eigenvalue weighted by Gasteiger charge is -2.14. The molecule has 0 spiro atoms. The summed E-state index contributed by atoms with van der Waals surface area (Å²) in [5.41, 5.74) is 0. The van der Waals surface area contributed by atoms with Crippen molar-refractivity contribution in [3.8, 4) is 0 Å². The van der Waals surface area contributed by atoms with Gasteiger partial charge in [0, 0.05) is 19.5 Å². The molecule has 0 radical (unpaired) electrons. The average molecular weight is 319 g/mol. The number of rotatable bonds is 6. The third-order valence-corrected chi connectivity index (χ3v) is 3.96. The number of carbonyl (C=O) groups is 2. The Morgan fingerprint density at radius 2 is 2.24 bits per heavy atom. The highest BCUT2D eigenvalue weighted by atomic mass is 32.2. The molecule has 1 fully saturated rings. The van der Waals surface area contributed by atoms with Crippen molar-refractivity contribution in [3.63, 3.8) is 0 Å². The molecule has 0 aromatic carbocycles. The zero-order valence-corrected chi connectivity index (χ0v) is 11.9. The van der Waals surface area contributed by atoms with Crippen molar-refractivity contribution in [2.24, 2.45) is 5.92 Å². The minimum atomic E-state index is -2.48. The van der Waals surface area contributed by atoms with Gasteiger partial charge in [-0.15, -0.1) is 0 Å². The van der Waals surface area contributed by atoms with Crippen LogP contribution in [0, 0.1) is 5.92 Å². The molecule has 1 aliphatic heterocycles. The Morgan fingerprint density at radius 3 is 2.90 bits per heavy atom. The van der Waals surface area contributed by atoms with Gasteiger partial charge < -0.3 is 14.4 Å². The number of carboxylic acid groups (broad SMARTS) is 1. The van der Waals surface area contributed by atoms with Gasteiger partial charge in [-0.25, -0.2) is 0 Å². The van der Waals surface area contributed by atoms with Crippen molar-refractivity contribution in [1.82, 2.24) is 4.90 Å². The number of amides is 1. The van der Waals surface area contributed by atoms with Crippen LogP contribution >= 0.6 is 11.8 Å². The Labute approximate surface area is 124 Å². The predicted molar refractivity (Wildman–Crippen MR) is 72.3 cm³/mol. The number of carboxylic acids is 1. The van der Waals surface area contributed by atoms with E-state index in [1.807, 2.05) is 0 Å². The fourth-order valence-electron chi connectivity index (χ4n) is 2.30. The van der Waals surface area contributed by atoms with E-state index in [1.165, 1.54) is 17.0 Å². The Balaban J connectivity index is 1.90. The van der Waals surface area contributed by atoms with E-state index in [0.29, 0.717) is 37.0 Å². The summed E-state index contributed by atoms with van der Waals surface area (Å²) in [6.45, 7) is 0.867. The second-order valence-electron chi connectivity index (χ2n) is 4.84. The van der Waals surface area contributed by atoms with Crippen molar-refractivity contribution in [3.05, 3.63) is 23.7 Å². The van der Waals surface area contributed by atoms with E-state index in [0.717, 1.165) is 0 Å². The monoisotopic (exact) mass is 319 g/mol. The highest BCUT2D eigenvalue weighted by Crippen LogP contribution is 2.24. The van der Waals surface area contributed by atoms with Crippen molar-refractivity contribution in [1.29, 1.82) is 0 Å². The molecule has 8 heteroatoms. The fraction of sp³-hybridized carbons (Fsp3) is 0.538. The van der Waals surface area contributed by atoms with Gasteiger partial charge in [-0.05, 0) is 24.5 Å². The van der Waals surface area contributed by atoms with Gasteiger partial charge in [0.25, 0.3) is 11.7 Å². The quantitative estimate of drug-likeness (QED) is 0.873. The number of aliphatic carboxylic acids is 1. The van der Waals surface area contributed by atoms with Crippen LogP contribution < -0.4 is 0 Å². The van der Waals surface area contributed by atoms with Gasteiger partial charge in [0.2, 0.25) is 0 Å². The van der Waals surface area contributed by atoms with Gasteiger partial charge in [-0.1, -0.05) is 11.8 Å². The maximum atomic E-state index is 12.2. The zero-order chi connectivity index (χ0) is 15.4. The zero-order valence-electron chi connectivity index (χ0n) is 11.1. The highest BCUT2D eigenvalue weighted by Gasteiger charge is 2.29. The van der Waals surface area contributed by atoms with Crippen LogP contribution in [0.15, 0.2) is 16.5 Å². The van der Waals surface area contributed by atoms with Crippen LogP contribution in [0.2, 0.25) is 0 Å². The molecule has 116 valence electrons. The maximum absolute atomic E-state index is 12.2. The summed E-state index contributed by atoms with van der Waals surface area (Å²) in [6.07, 6.45) is 0.686. The highest BCUT2D eigenvalue weighted by molar-refractivity contribution is 7.98. The third-order valence-electron chi connectivity index (χ3n) is 3.26. The van der Waals surface area contributed by atoms with E-state index in [9.17, 15) is 18.4 Å². The first-order chi connectivity index (χ1) is 9.95. The first-order valence-corrected chi connectivity index (χ1v) is 7.50. The summed E-state index contributed by atoms with van der Waals surface area (Å²) in [4.78, 5) is 24.3. The van der Waals surface area contributed by atoms with E-state index in [4.69, 9.17) is 9.52 Å². The SMILES string of the molecule is O=C(O)CC1CCN(C(=O)c2ccc(CSC(F)F)o2)C1. The smallest absolute Gasteiger partial charge is 0.303 e. The van der Waals surface area contributed by atoms with Crippen LogP contribution in [0.5, 0.6) is 0 Å². The average Bonchev–Trinajstić information content (AvgIpc) is 3.03. The molecule has 2 heterocycles. The Bertz CT molecular complexity index is 520. The summed E-state index contributed by atoms with van der Waals surface area (Å²) in [5.74, 6) is -3.29. The standard InChI is InChI=1S/C13H15F2NO4S/c14-13(15)21-7-9-1-2-10(20-9)12(19)16-4-3-8(6-16)5-11(17)18/h1-2,8,13H,3-7H2,(H,17,18). The van der Waals surface area contributed by atoms with Gasteiger partial charge >= 0.3 is 5.97 Å². The molecule has 1 amide bonds. The van der Waals surface area contributed by atoms with Crippen molar-refractivity contribution < 1.29 is 27.9 Å². The lowest BCUT2D eigenvalue weighted by atomic mass is 10.1. The van der Waals surface area contributed by atoms with Crippen LogP contribution in [0.25, 0.3) is 0 Å². The summed E-state index contributed by atoms with van der Waals surface area (Å²) in [7, 11) is 0. The van der Waals surface area contributed by atoms with Gasteiger partial charge in [0.15, 0.2) is 5.76 Å². The topological polar surface area (TPSA) is 70.8 Å². The molecule has 5 nitrogen and oxygen atoms in total. The number of thioether (sulfide) groups is 1. The number of furan rings is 1. The van der Waals surface area contributed by atoms with Crippen LogP contribution in [0.1, 0.15) is 29.2 Å². The normalized spacial score (nSPS) is 18.4. The predicted octanol–water partition coefficient (Wildman–Crippen LogP) is 2.67. The number of likely N-dealkylation sites (tertiary alicyclic amines) is 1.